The minimum absolute atomic E-state index is 0.00755. The van der Waals surface area contributed by atoms with E-state index in [1.165, 1.54) is 6.08 Å². The van der Waals surface area contributed by atoms with Crippen molar-refractivity contribution in [3.63, 3.8) is 0 Å². The number of nitrogens with zero attached hydrogens (tertiary/aromatic N) is 1. The molecule has 1 aliphatic heterocycles. The second-order valence-corrected chi connectivity index (χ2v) is 6.11. The van der Waals surface area contributed by atoms with Crippen molar-refractivity contribution in [2.24, 2.45) is 5.92 Å². The molecule has 1 aromatic carbocycles. The molecule has 3 rings (SSSR count). The normalized spacial score (nSPS) is 15.8. The van der Waals surface area contributed by atoms with Gasteiger partial charge in [-0.1, -0.05) is 30.3 Å². The van der Waals surface area contributed by atoms with Gasteiger partial charge in [0.25, 0.3) is 0 Å². The maximum Gasteiger partial charge on any atom is 0.246 e. The van der Waals surface area contributed by atoms with Gasteiger partial charge in [0.05, 0.1) is 0 Å². The summed E-state index contributed by atoms with van der Waals surface area (Å²) >= 11 is 0. The van der Waals surface area contributed by atoms with E-state index in [1.54, 1.807) is 11.0 Å². The van der Waals surface area contributed by atoms with Crippen LogP contribution in [0.3, 0.4) is 0 Å². The maximum atomic E-state index is 12.5. The van der Waals surface area contributed by atoms with Gasteiger partial charge in [0, 0.05) is 30.6 Å². The van der Waals surface area contributed by atoms with Crippen molar-refractivity contribution in [3.8, 4) is 0 Å². The van der Waals surface area contributed by atoms with E-state index >= 15 is 0 Å². The van der Waals surface area contributed by atoms with Crippen molar-refractivity contribution in [2.45, 2.75) is 19.8 Å². The molecule has 0 spiro atoms. The third-order valence-corrected chi connectivity index (χ3v) is 4.39. The van der Waals surface area contributed by atoms with Gasteiger partial charge in [0.1, 0.15) is 11.5 Å². The van der Waals surface area contributed by atoms with Crippen LogP contribution < -0.4 is 0 Å². The van der Waals surface area contributed by atoms with Gasteiger partial charge in [0.2, 0.25) is 5.91 Å². The van der Waals surface area contributed by atoms with Crippen LogP contribution in [0.2, 0.25) is 0 Å². The van der Waals surface area contributed by atoms with Gasteiger partial charge in [-0.15, -0.1) is 0 Å². The molecule has 2 aromatic rings. The van der Waals surface area contributed by atoms with Crippen molar-refractivity contribution in [1.82, 2.24) is 4.90 Å². The smallest absolute Gasteiger partial charge is 0.246 e. The van der Waals surface area contributed by atoms with Crippen LogP contribution in [-0.4, -0.2) is 29.7 Å². The highest BCUT2D eigenvalue weighted by Crippen LogP contribution is 2.22. The molecule has 2 heterocycles. The Bertz CT molecular complexity index is 737. The number of hydrogen-bond donors (Lipinski definition) is 0. The average molecular weight is 323 g/mol. The average Bonchev–Trinajstić information content (AvgIpc) is 3.05. The summed E-state index contributed by atoms with van der Waals surface area (Å²) in [6, 6.07) is 13.1. The molecule has 4 heteroatoms. The van der Waals surface area contributed by atoms with E-state index in [0.717, 1.165) is 11.3 Å². The molecule has 24 heavy (non-hydrogen) atoms. The van der Waals surface area contributed by atoms with Crippen molar-refractivity contribution in [1.29, 1.82) is 0 Å². The monoisotopic (exact) mass is 323 g/mol. The van der Waals surface area contributed by atoms with Crippen LogP contribution in [0.1, 0.15) is 34.7 Å². The fourth-order valence-electron chi connectivity index (χ4n) is 3.00. The van der Waals surface area contributed by atoms with Gasteiger partial charge in [-0.25, -0.2) is 0 Å². The zero-order valence-corrected chi connectivity index (χ0v) is 13.8. The number of likely N-dealkylation sites (tertiary alicyclic amines) is 1. The quantitative estimate of drug-likeness (QED) is 0.636. The summed E-state index contributed by atoms with van der Waals surface area (Å²) in [5, 5.41) is 0. The highest BCUT2D eigenvalue weighted by molar-refractivity contribution is 5.98. The maximum absolute atomic E-state index is 12.5. The molecule has 1 amide bonds. The van der Waals surface area contributed by atoms with E-state index in [2.05, 4.69) is 0 Å². The molecule has 0 bridgehead atoms. The number of ketones is 1. The first-order chi connectivity index (χ1) is 11.6. The van der Waals surface area contributed by atoms with Gasteiger partial charge >= 0.3 is 0 Å². The summed E-state index contributed by atoms with van der Waals surface area (Å²) in [6.07, 6.45) is 4.66. The third kappa shape index (κ3) is 3.82. The molecule has 0 N–H and O–H groups in total. The van der Waals surface area contributed by atoms with Gasteiger partial charge in [-0.3, -0.25) is 9.59 Å². The summed E-state index contributed by atoms with van der Waals surface area (Å²) in [4.78, 5) is 26.5. The lowest BCUT2D eigenvalue weighted by atomic mass is 9.89. The highest BCUT2D eigenvalue weighted by Gasteiger charge is 2.27. The van der Waals surface area contributed by atoms with Crippen LogP contribution in [0.4, 0.5) is 0 Å². The number of carbonyl (C=O) groups is 2. The van der Waals surface area contributed by atoms with Gasteiger partial charge in [-0.05, 0) is 38.0 Å². The number of Topliss-reactive ketones (excluding diaryl/α,β-unsaturated/α-hetero) is 1. The molecule has 4 nitrogen and oxygen atoms in total. The SMILES string of the molecule is Cc1ccc(/C=C/C(=O)N2CCC(C(=O)c3ccccc3)CC2)o1. The summed E-state index contributed by atoms with van der Waals surface area (Å²) in [7, 11) is 0. The van der Waals surface area contributed by atoms with E-state index in [0.29, 0.717) is 31.7 Å². The van der Waals surface area contributed by atoms with Crippen LogP contribution in [-0.2, 0) is 4.79 Å². The predicted octanol–water partition coefficient (Wildman–Crippen LogP) is 3.72. The molecular formula is C20H21NO3. The van der Waals surface area contributed by atoms with Crippen LogP contribution in [0.25, 0.3) is 6.08 Å². The first-order valence-corrected chi connectivity index (χ1v) is 8.26. The minimum atomic E-state index is -0.0327. The molecule has 0 atom stereocenters. The molecular weight excluding hydrogens is 302 g/mol. The third-order valence-electron chi connectivity index (χ3n) is 4.39. The Kier molecular flexibility index (Phi) is 4.94. The van der Waals surface area contributed by atoms with E-state index in [9.17, 15) is 9.59 Å². The number of rotatable bonds is 4. The Hall–Kier alpha value is -2.62. The second kappa shape index (κ2) is 7.30. The lowest BCUT2D eigenvalue weighted by Crippen LogP contribution is -2.39. The molecule has 124 valence electrons. The molecule has 0 unspecified atom stereocenters. The molecule has 1 aromatic heterocycles. The number of aryl methyl sites for hydroxylation is 1. The highest BCUT2D eigenvalue weighted by atomic mass is 16.3. The summed E-state index contributed by atoms with van der Waals surface area (Å²) < 4.78 is 5.42. The Morgan fingerprint density at radius 1 is 1.08 bits per heavy atom. The summed E-state index contributed by atoms with van der Waals surface area (Å²) in [6.45, 7) is 3.10. The number of piperidine rings is 1. The Morgan fingerprint density at radius 3 is 2.42 bits per heavy atom. The zero-order chi connectivity index (χ0) is 16.9. The number of carbonyl (C=O) groups excluding carboxylic acids is 2. The van der Waals surface area contributed by atoms with Gasteiger partial charge < -0.3 is 9.32 Å². The van der Waals surface area contributed by atoms with E-state index in [-0.39, 0.29) is 17.6 Å². The Balaban J connectivity index is 1.54. The number of amides is 1. The number of hydrogen-bond acceptors (Lipinski definition) is 3. The number of benzene rings is 1. The van der Waals surface area contributed by atoms with Crippen molar-refractivity contribution < 1.29 is 14.0 Å². The van der Waals surface area contributed by atoms with Crippen LogP contribution in [0.15, 0.2) is 53.0 Å². The fraction of sp³-hybridized carbons (Fsp3) is 0.300. The van der Waals surface area contributed by atoms with E-state index in [4.69, 9.17) is 4.42 Å². The minimum Gasteiger partial charge on any atom is -0.462 e. The topological polar surface area (TPSA) is 50.5 Å². The molecule has 0 radical (unpaired) electrons. The lowest BCUT2D eigenvalue weighted by Gasteiger charge is -2.30. The predicted molar refractivity (Wildman–Crippen MR) is 92.6 cm³/mol. The van der Waals surface area contributed by atoms with Gasteiger partial charge in [-0.2, -0.15) is 0 Å². The first kappa shape index (κ1) is 16.2. The van der Waals surface area contributed by atoms with Gasteiger partial charge in [0.15, 0.2) is 5.78 Å². The summed E-state index contributed by atoms with van der Waals surface area (Å²) in [5.41, 5.74) is 0.760. The van der Waals surface area contributed by atoms with Crippen LogP contribution >= 0.6 is 0 Å². The Labute approximate surface area is 141 Å². The molecule has 0 saturated carbocycles. The first-order valence-electron chi connectivity index (χ1n) is 8.26. The lowest BCUT2D eigenvalue weighted by molar-refractivity contribution is -0.127. The summed E-state index contributed by atoms with van der Waals surface area (Å²) in [5.74, 6) is 1.66. The van der Waals surface area contributed by atoms with Crippen molar-refractivity contribution in [3.05, 3.63) is 65.6 Å². The van der Waals surface area contributed by atoms with Crippen LogP contribution in [0.5, 0.6) is 0 Å². The van der Waals surface area contributed by atoms with Crippen molar-refractivity contribution >= 4 is 17.8 Å². The zero-order valence-electron chi connectivity index (χ0n) is 13.8. The molecule has 1 fully saturated rings. The molecule has 1 aliphatic rings. The standard InChI is InChI=1S/C20H21NO3/c1-15-7-8-18(24-15)9-10-19(22)21-13-11-17(12-14-21)20(23)16-5-3-2-4-6-16/h2-10,17H,11-14H2,1H3/b10-9+. The largest absolute Gasteiger partial charge is 0.462 e. The van der Waals surface area contributed by atoms with Crippen molar-refractivity contribution in [2.75, 3.05) is 13.1 Å². The number of furan rings is 1. The second-order valence-electron chi connectivity index (χ2n) is 6.11. The van der Waals surface area contributed by atoms with Crippen LogP contribution in [0, 0.1) is 12.8 Å². The van der Waals surface area contributed by atoms with E-state index in [1.807, 2.05) is 49.4 Å². The van der Waals surface area contributed by atoms with E-state index < -0.39 is 0 Å². The molecule has 0 aliphatic carbocycles. The Morgan fingerprint density at radius 2 is 1.79 bits per heavy atom. The molecule has 1 saturated heterocycles. The fourth-order valence-corrected chi connectivity index (χ4v) is 3.00.